The van der Waals surface area contributed by atoms with E-state index in [2.05, 4.69) is 21.3 Å². The van der Waals surface area contributed by atoms with Crippen molar-refractivity contribution in [2.24, 2.45) is 11.8 Å². The summed E-state index contributed by atoms with van der Waals surface area (Å²) in [7, 11) is 0. The van der Waals surface area contributed by atoms with Gasteiger partial charge in [-0.15, -0.1) is 0 Å². The molecule has 1 aromatic rings. The lowest BCUT2D eigenvalue weighted by molar-refractivity contribution is -0.126. The van der Waals surface area contributed by atoms with Gasteiger partial charge in [-0.05, 0) is 69.2 Å². The van der Waals surface area contributed by atoms with E-state index in [1.165, 1.54) is 12.8 Å². The van der Waals surface area contributed by atoms with Crippen molar-refractivity contribution in [3.63, 3.8) is 0 Å². The van der Waals surface area contributed by atoms with E-state index in [9.17, 15) is 14.4 Å². The standard InChI is InChI=1S/C22H33N5O3/c1-3-15(2)24-21(29)25-18-8-10-19(11-9-18)26-22(30)27-12-4-5-17(14-27)20(28)23-13-16-6-7-16/h8-11,15-17H,3-7,12-14H2,1-2H3,(H,23,28)(H,26,30)(H2,24,25,29)/t15-,17+/m0/s1. The summed E-state index contributed by atoms with van der Waals surface area (Å²) in [5, 5.41) is 11.5. The summed E-state index contributed by atoms with van der Waals surface area (Å²) >= 11 is 0. The summed E-state index contributed by atoms with van der Waals surface area (Å²) in [4.78, 5) is 38.6. The van der Waals surface area contributed by atoms with Crippen molar-refractivity contribution in [1.29, 1.82) is 0 Å². The van der Waals surface area contributed by atoms with Crippen molar-refractivity contribution in [2.45, 2.75) is 52.0 Å². The fourth-order valence-corrected chi connectivity index (χ4v) is 3.42. The molecule has 164 valence electrons. The highest BCUT2D eigenvalue weighted by Gasteiger charge is 2.30. The molecule has 1 aliphatic heterocycles. The maximum Gasteiger partial charge on any atom is 0.321 e. The number of benzene rings is 1. The molecule has 1 aromatic carbocycles. The number of carbonyl (C=O) groups excluding carboxylic acids is 3. The highest BCUT2D eigenvalue weighted by Crippen LogP contribution is 2.28. The first-order chi connectivity index (χ1) is 14.4. The van der Waals surface area contributed by atoms with E-state index in [1.54, 1.807) is 29.2 Å². The van der Waals surface area contributed by atoms with Crippen molar-refractivity contribution < 1.29 is 14.4 Å². The molecule has 30 heavy (non-hydrogen) atoms. The van der Waals surface area contributed by atoms with Crippen molar-refractivity contribution in [2.75, 3.05) is 30.3 Å². The van der Waals surface area contributed by atoms with Crippen LogP contribution in [0.5, 0.6) is 0 Å². The number of nitrogens with zero attached hydrogens (tertiary/aromatic N) is 1. The number of carbonyl (C=O) groups is 3. The van der Waals surface area contributed by atoms with Crippen LogP contribution in [0.3, 0.4) is 0 Å². The van der Waals surface area contributed by atoms with Crippen LogP contribution in [0.2, 0.25) is 0 Å². The maximum absolute atomic E-state index is 12.6. The van der Waals surface area contributed by atoms with E-state index in [0.29, 0.717) is 30.4 Å². The van der Waals surface area contributed by atoms with Gasteiger partial charge in [0.25, 0.3) is 0 Å². The summed E-state index contributed by atoms with van der Waals surface area (Å²) in [5.74, 6) is 0.569. The number of urea groups is 2. The van der Waals surface area contributed by atoms with Crippen LogP contribution in [-0.2, 0) is 4.79 Å². The number of rotatable bonds is 7. The van der Waals surface area contributed by atoms with Gasteiger partial charge in [0.2, 0.25) is 5.91 Å². The molecule has 0 bridgehead atoms. The normalized spacial score (nSPS) is 19.5. The molecule has 0 radical (unpaired) electrons. The molecule has 0 unspecified atom stereocenters. The minimum absolute atomic E-state index is 0.0606. The van der Waals surface area contributed by atoms with Gasteiger partial charge in [-0.3, -0.25) is 4.79 Å². The molecule has 8 nitrogen and oxygen atoms in total. The second-order valence-corrected chi connectivity index (χ2v) is 8.39. The fraction of sp³-hybridized carbons (Fsp3) is 0.591. The number of amides is 5. The van der Waals surface area contributed by atoms with E-state index in [0.717, 1.165) is 25.8 Å². The minimum atomic E-state index is -0.250. The molecule has 4 N–H and O–H groups in total. The summed E-state index contributed by atoms with van der Waals surface area (Å²) < 4.78 is 0. The molecular formula is C22H33N5O3. The first-order valence-electron chi connectivity index (χ1n) is 11.0. The molecule has 3 rings (SSSR count). The van der Waals surface area contributed by atoms with Crippen molar-refractivity contribution in [3.05, 3.63) is 24.3 Å². The SMILES string of the molecule is CC[C@H](C)NC(=O)Nc1ccc(NC(=O)N2CCC[C@@H](C(=O)NCC3CC3)C2)cc1. The van der Waals surface area contributed by atoms with Gasteiger partial charge in [-0.2, -0.15) is 0 Å². The molecule has 2 fully saturated rings. The molecule has 2 aliphatic rings. The summed E-state index contributed by atoms with van der Waals surface area (Å²) in [5.41, 5.74) is 1.30. The number of likely N-dealkylation sites (tertiary alicyclic amines) is 1. The minimum Gasteiger partial charge on any atom is -0.356 e. The largest absolute Gasteiger partial charge is 0.356 e. The third-order valence-corrected chi connectivity index (χ3v) is 5.73. The second-order valence-electron chi connectivity index (χ2n) is 8.39. The predicted molar refractivity (Wildman–Crippen MR) is 117 cm³/mol. The third-order valence-electron chi connectivity index (χ3n) is 5.73. The molecule has 2 atom stereocenters. The van der Waals surface area contributed by atoms with Crippen LogP contribution in [0.4, 0.5) is 21.0 Å². The first kappa shape index (κ1) is 21.9. The monoisotopic (exact) mass is 415 g/mol. The zero-order chi connectivity index (χ0) is 21.5. The number of piperidine rings is 1. The lowest BCUT2D eigenvalue weighted by atomic mass is 9.97. The van der Waals surface area contributed by atoms with E-state index >= 15 is 0 Å². The van der Waals surface area contributed by atoms with Crippen LogP contribution in [0, 0.1) is 11.8 Å². The summed E-state index contributed by atoms with van der Waals surface area (Å²) in [6.45, 7) is 5.80. The van der Waals surface area contributed by atoms with Gasteiger partial charge >= 0.3 is 12.1 Å². The number of nitrogens with one attached hydrogen (secondary N) is 4. The number of hydrogen-bond donors (Lipinski definition) is 4. The highest BCUT2D eigenvalue weighted by atomic mass is 16.2. The average molecular weight is 416 g/mol. The van der Waals surface area contributed by atoms with Crippen LogP contribution in [0.1, 0.15) is 46.0 Å². The van der Waals surface area contributed by atoms with Crippen molar-refractivity contribution in [3.8, 4) is 0 Å². The smallest absolute Gasteiger partial charge is 0.321 e. The number of anilines is 2. The molecule has 0 aromatic heterocycles. The van der Waals surface area contributed by atoms with Crippen LogP contribution in [0.25, 0.3) is 0 Å². The Labute approximate surface area is 178 Å². The topological polar surface area (TPSA) is 103 Å². The Morgan fingerprint density at radius 3 is 2.37 bits per heavy atom. The Morgan fingerprint density at radius 2 is 1.73 bits per heavy atom. The van der Waals surface area contributed by atoms with E-state index < -0.39 is 0 Å². The first-order valence-corrected chi connectivity index (χ1v) is 11.0. The third kappa shape index (κ3) is 6.64. The molecular weight excluding hydrogens is 382 g/mol. The van der Waals surface area contributed by atoms with Gasteiger partial charge < -0.3 is 26.2 Å². The fourth-order valence-electron chi connectivity index (χ4n) is 3.42. The van der Waals surface area contributed by atoms with Crippen molar-refractivity contribution in [1.82, 2.24) is 15.5 Å². The van der Waals surface area contributed by atoms with Crippen LogP contribution >= 0.6 is 0 Å². The molecule has 1 saturated carbocycles. The molecule has 1 saturated heterocycles. The molecule has 5 amide bonds. The highest BCUT2D eigenvalue weighted by molar-refractivity contribution is 5.92. The zero-order valence-electron chi connectivity index (χ0n) is 17.9. The number of hydrogen-bond acceptors (Lipinski definition) is 3. The van der Waals surface area contributed by atoms with Crippen LogP contribution < -0.4 is 21.3 Å². The van der Waals surface area contributed by atoms with Gasteiger partial charge in [-0.1, -0.05) is 6.92 Å². The Balaban J connectivity index is 1.46. The Bertz CT molecular complexity index is 748. The van der Waals surface area contributed by atoms with Gasteiger partial charge in [0, 0.05) is 37.1 Å². The molecule has 1 heterocycles. The Morgan fingerprint density at radius 1 is 1.07 bits per heavy atom. The van der Waals surface area contributed by atoms with Gasteiger partial charge in [0.15, 0.2) is 0 Å². The average Bonchev–Trinajstić information content (AvgIpc) is 3.58. The van der Waals surface area contributed by atoms with Gasteiger partial charge in [0.05, 0.1) is 5.92 Å². The van der Waals surface area contributed by atoms with Crippen LogP contribution in [0.15, 0.2) is 24.3 Å². The van der Waals surface area contributed by atoms with Gasteiger partial charge in [0.1, 0.15) is 0 Å². The van der Waals surface area contributed by atoms with Crippen molar-refractivity contribution >= 4 is 29.3 Å². The summed E-state index contributed by atoms with van der Waals surface area (Å²) in [6.07, 6.45) is 4.91. The zero-order valence-corrected chi connectivity index (χ0v) is 17.9. The van der Waals surface area contributed by atoms with Crippen LogP contribution in [-0.4, -0.2) is 48.5 Å². The predicted octanol–water partition coefficient (Wildman–Crippen LogP) is 3.38. The maximum atomic E-state index is 12.6. The Hall–Kier alpha value is -2.77. The molecule has 1 aliphatic carbocycles. The summed E-state index contributed by atoms with van der Waals surface area (Å²) in [6, 6.07) is 6.64. The van der Waals surface area contributed by atoms with E-state index in [4.69, 9.17) is 0 Å². The van der Waals surface area contributed by atoms with Gasteiger partial charge in [-0.25, -0.2) is 9.59 Å². The Kier molecular flexibility index (Phi) is 7.54. The quantitative estimate of drug-likeness (QED) is 0.549. The van der Waals surface area contributed by atoms with E-state index in [-0.39, 0.29) is 29.9 Å². The van der Waals surface area contributed by atoms with E-state index in [1.807, 2.05) is 13.8 Å². The lowest BCUT2D eigenvalue weighted by Gasteiger charge is -2.32. The molecule has 0 spiro atoms. The second kappa shape index (κ2) is 10.3. The lowest BCUT2D eigenvalue weighted by Crippen LogP contribution is -2.47. The molecule has 8 heteroatoms.